The summed E-state index contributed by atoms with van der Waals surface area (Å²) in [7, 11) is 1.86. The van der Waals surface area contributed by atoms with Crippen LogP contribution in [0.15, 0.2) is 55.8 Å². The Morgan fingerprint density at radius 2 is 2.11 bits per heavy atom. The van der Waals surface area contributed by atoms with Gasteiger partial charge in [-0.3, -0.25) is 9.67 Å². The Balaban J connectivity index is 1.75. The summed E-state index contributed by atoms with van der Waals surface area (Å²) in [6.45, 7) is 4.07. The van der Waals surface area contributed by atoms with Gasteiger partial charge in [-0.2, -0.15) is 15.5 Å². The molecule has 0 aromatic carbocycles. The van der Waals surface area contributed by atoms with E-state index < -0.39 is 0 Å². The van der Waals surface area contributed by atoms with E-state index in [-0.39, 0.29) is 0 Å². The van der Waals surface area contributed by atoms with Crippen LogP contribution in [-0.4, -0.2) is 24.4 Å². The number of hydrogen-bond acceptors (Lipinski definition) is 5. The van der Waals surface area contributed by atoms with Crippen molar-refractivity contribution < 1.29 is 4.74 Å². The SMILES string of the molecule is C=Cc1cc(COc2cc(-c3cnn(C)c3)cn3ncc(C#N)c23)ccn1. The molecule has 0 spiro atoms. The van der Waals surface area contributed by atoms with Gasteiger partial charge in [0.05, 0.1) is 18.1 Å². The van der Waals surface area contributed by atoms with Crippen LogP contribution in [0.5, 0.6) is 5.75 Å². The molecule has 0 radical (unpaired) electrons. The predicted octanol–water partition coefficient (Wildman–Crippen LogP) is 3.22. The van der Waals surface area contributed by atoms with E-state index in [1.807, 2.05) is 37.6 Å². The summed E-state index contributed by atoms with van der Waals surface area (Å²) < 4.78 is 9.47. The summed E-state index contributed by atoms with van der Waals surface area (Å²) in [5.41, 5.74) is 4.69. The molecular weight excluding hydrogens is 340 g/mol. The first kappa shape index (κ1) is 16.5. The predicted molar refractivity (Wildman–Crippen MR) is 101 cm³/mol. The van der Waals surface area contributed by atoms with Gasteiger partial charge in [0.15, 0.2) is 0 Å². The number of ether oxygens (including phenoxy) is 1. The van der Waals surface area contributed by atoms with Gasteiger partial charge in [0.25, 0.3) is 0 Å². The maximum absolute atomic E-state index is 9.40. The molecule has 4 aromatic heterocycles. The van der Waals surface area contributed by atoms with Gasteiger partial charge in [-0.05, 0) is 29.8 Å². The number of pyridine rings is 2. The first-order valence-electron chi connectivity index (χ1n) is 8.28. The largest absolute Gasteiger partial charge is 0.487 e. The molecule has 0 saturated carbocycles. The highest BCUT2D eigenvalue weighted by molar-refractivity contribution is 5.75. The first-order chi connectivity index (χ1) is 13.2. The zero-order valence-corrected chi connectivity index (χ0v) is 14.7. The van der Waals surface area contributed by atoms with Gasteiger partial charge < -0.3 is 4.74 Å². The Kier molecular flexibility index (Phi) is 4.15. The zero-order chi connectivity index (χ0) is 18.8. The van der Waals surface area contributed by atoms with Crippen LogP contribution in [0.1, 0.15) is 16.8 Å². The van der Waals surface area contributed by atoms with Crippen molar-refractivity contribution in [2.45, 2.75) is 6.61 Å². The van der Waals surface area contributed by atoms with Gasteiger partial charge in [-0.1, -0.05) is 6.58 Å². The molecule has 0 aliphatic heterocycles. The summed E-state index contributed by atoms with van der Waals surface area (Å²) >= 11 is 0. The molecule has 0 bridgehead atoms. The molecule has 132 valence electrons. The fourth-order valence-electron chi connectivity index (χ4n) is 2.86. The van der Waals surface area contributed by atoms with Crippen LogP contribution in [0.4, 0.5) is 0 Å². The lowest BCUT2D eigenvalue weighted by Crippen LogP contribution is -2.00. The fourth-order valence-corrected chi connectivity index (χ4v) is 2.86. The average molecular weight is 356 g/mol. The Morgan fingerprint density at radius 3 is 2.85 bits per heavy atom. The van der Waals surface area contributed by atoms with E-state index in [2.05, 4.69) is 27.8 Å². The van der Waals surface area contributed by atoms with E-state index in [1.165, 1.54) is 6.20 Å². The van der Waals surface area contributed by atoms with Crippen molar-refractivity contribution in [3.63, 3.8) is 0 Å². The van der Waals surface area contributed by atoms with Crippen LogP contribution in [0.25, 0.3) is 22.7 Å². The van der Waals surface area contributed by atoms with E-state index in [9.17, 15) is 5.26 Å². The van der Waals surface area contributed by atoms with E-state index in [1.54, 1.807) is 27.7 Å². The van der Waals surface area contributed by atoms with Gasteiger partial charge in [-0.25, -0.2) is 4.52 Å². The number of nitrogens with zero attached hydrogens (tertiary/aromatic N) is 6. The molecule has 0 atom stereocenters. The van der Waals surface area contributed by atoms with Crippen molar-refractivity contribution in [3.05, 3.63) is 72.6 Å². The standard InChI is InChI=1S/C20H16N6O/c1-3-18-6-14(4-5-22-18)13-27-19-7-15(17-10-23-25(2)11-17)12-26-20(19)16(8-21)9-24-26/h3-7,9-12H,1,13H2,2H3. The second kappa shape index (κ2) is 6.77. The quantitative estimate of drug-likeness (QED) is 0.548. The molecule has 0 saturated heterocycles. The average Bonchev–Trinajstić information content (AvgIpc) is 3.32. The molecule has 0 N–H and O–H groups in total. The lowest BCUT2D eigenvalue weighted by atomic mass is 10.1. The highest BCUT2D eigenvalue weighted by Gasteiger charge is 2.14. The molecule has 7 nitrogen and oxygen atoms in total. The van der Waals surface area contributed by atoms with Crippen molar-refractivity contribution >= 4 is 11.6 Å². The van der Waals surface area contributed by atoms with E-state index in [0.29, 0.717) is 23.4 Å². The second-order valence-electron chi connectivity index (χ2n) is 6.04. The lowest BCUT2D eigenvalue weighted by Gasteiger charge is -2.11. The van der Waals surface area contributed by atoms with Gasteiger partial charge in [0, 0.05) is 36.8 Å². The third-order valence-corrected chi connectivity index (χ3v) is 4.18. The van der Waals surface area contributed by atoms with Crippen LogP contribution in [-0.2, 0) is 13.7 Å². The van der Waals surface area contributed by atoms with Crippen molar-refractivity contribution in [1.29, 1.82) is 5.26 Å². The molecule has 0 fully saturated rings. The normalized spacial score (nSPS) is 10.7. The Morgan fingerprint density at radius 1 is 1.22 bits per heavy atom. The Hall–Kier alpha value is -3.92. The molecule has 7 heteroatoms. The molecular formula is C20H16N6O. The monoisotopic (exact) mass is 356 g/mol. The summed E-state index contributed by atoms with van der Waals surface area (Å²) in [5.74, 6) is 0.586. The molecule has 27 heavy (non-hydrogen) atoms. The molecule has 4 aromatic rings. The van der Waals surface area contributed by atoms with E-state index in [0.717, 1.165) is 22.4 Å². The maximum atomic E-state index is 9.40. The molecule has 0 unspecified atom stereocenters. The number of hydrogen-bond donors (Lipinski definition) is 0. The van der Waals surface area contributed by atoms with Crippen LogP contribution >= 0.6 is 0 Å². The minimum atomic E-state index is 0.339. The highest BCUT2D eigenvalue weighted by Crippen LogP contribution is 2.30. The third kappa shape index (κ3) is 3.16. The van der Waals surface area contributed by atoms with Crippen molar-refractivity contribution in [1.82, 2.24) is 24.4 Å². The molecule has 4 rings (SSSR count). The van der Waals surface area contributed by atoms with Crippen LogP contribution in [0.2, 0.25) is 0 Å². The topological polar surface area (TPSA) is 81.0 Å². The maximum Gasteiger partial charge on any atom is 0.147 e. The smallest absolute Gasteiger partial charge is 0.147 e. The number of fused-ring (bicyclic) bond motifs is 1. The first-order valence-corrected chi connectivity index (χ1v) is 8.28. The number of nitriles is 1. The van der Waals surface area contributed by atoms with Crippen molar-refractivity contribution in [2.75, 3.05) is 0 Å². The van der Waals surface area contributed by atoms with Gasteiger partial charge in [0.2, 0.25) is 0 Å². The molecule has 4 heterocycles. The van der Waals surface area contributed by atoms with E-state index >= 15 is 0 Å². The van der Waals surface area contributed by atoms with Crippen molar-refractivity contribution in [3.8, 4) is 22.9 Å². The lowest BCUT2D eigenvalue weighted by molar-refractivity contribution is 0.308. The van der Waals surface area contributed by atoms with E-state index in [4.69, 9.17) is 4.74 Å². The summed E-state index contributed by atoms with van der Waals surface area (Å²) in [6.07, 6.45) is 10.5. The van der Waals surface area contributed by atoms with Crippen LogP contribution in [0, 0.1) is 11.3 Å². The minimum Gasteiger partial charge on any atom is -0.487 e. The third-order valence-electron chi connectivity index (χ3n) is 4.18. The summed E-state index contributed by atoms with van der Waals surface area (Å²) in [4.78, 5) is 4.20. The highest BCUT2D eigenvalue weighted by atomic mass is 16.5. The van der Waals surface area contributed by atoms with Crippen LogP contribution < -0.4 is 4.74 Å². The van der Waals surface area contributed by atoms with Crippen molar-refractivity contribution in [2.24, 2.45) is 7.05 Å². The Labute approximate surface area is 155 Å². The Bertz CT molecular complexity index is 1180. The minimum absolute atomic E-state index is 0.339. The number of aryl methyl sites for hydroxylation is 1. The fraction of sp³-hybridized carbons (Fsp3) is 0.100. The molecule has 0 amide bonds. The van der Waals surface area contributed by atoms with Crippen LogP contribution in [0.3, 0.4) is 0 Å². The van der Waals surface area contributed by atoms with Gasteiger partial charge in [-0.15, -0.1) is 0 Å². The summed E-state index contributed by atoms with van der Waals surface area (Å²) in [6, 6.07) is 7.87. The number of aromatic nitrogens is 5. The zero-order valence-electron chi connectivity index (χ0n) is 14.7. The summed E-state index contributed by atoms with van der Waals surface area (Å²) in [5, 5.41) is 17.9. The second-order valence-corrected chi connectivity index (χ2v) is 6.04. The van der Waals surface area contributed by atoms with Gasteiger partial charge >= 0.3 is 0 Å². The number of rotatable bonds is 5. The molecule has 0 aliphatic rings. The van der Waals surface area contributed by atoms with Gasteiger partial charge in [0.1, 0.15) is 29.5 Å². The molecule has 0 aliphatic carbocycles.